The molecule has 96 valence electrons. The topological polar surface area (TPSA) is 47.3 Å². The summed E-state index contributed by atoms with van der Waals surface area (Å²) in [5.41, 5.74) is 6.16. The summed E-state index contributed by atoms with van der Waals surface area (Å²) in [7, 11) is 1.76. The molecular weight excluding hydrogens is 200 g/mol. The summed E-state index contributed by atoms with van der Waals surface area (Å²) in [6, 6.07) is 0. The minimum Gasteiger partial charge on any atom is -0.380 e. The van der Waals surface area contributed by atoms with Crippen molar-refractivity contribution < 1.29 is 4.74 Å². The zero-order valence-electron chi connectivity index (χ0n) is 10.9. The Balaban J connectivity index is 2.45. The van der Waals surface area contributed by atoms with E-state index in [1.807, 2.05) is 0 Å². The Morgan fingerprint density at radius 3 is 2.25 bits per heavy atom. The molecule has 0 saturated heterocycles. The number of methoxy groups -OCH3 is 1. The summed E-state index contributed by atoms with van der Waals surface area (Å²) < 4.78 is 5.28. The van der Waals surface area contributed by atoms with E-state index in [-0.39, 0.29) is 11.6 Å². The van der Waals surface area contributed by atoms with E-state index in [0.717, 1.165) is 13.1 Å². The Labute approximate surface area is 100 Å². The van der Waals surface area contributed by atoms with Gasteiger partial charge in [-0.3, -0.25) is 0 Å². The van der Waals surface area contributed by atoms with E-state index in [0.29, 0.717) is 0 Å². The maximum atomic E-state index is 5.98. The monoisotopic (exact) mass is 228 g/mol. The molecule has 3 N–H and O–H groups in total. The first-order valence-electron chi connectivity index (χ1n) is 6.70. The molecule has 1 aliphatic carbocycles. The number of nitrogens with one attached hydrogen (secondary N) is 1. The van der Waals surface area contributed by atoms with Gasteiger partial charge in [0.25, 0.3) is 0 Å². The predicted octanol–water partition coefficient (Wildman–Crippen LogP) is 2.05. The summed E-state index contributed by atoms with van der Waals surface area (Å²) in [6.45, 7) is 3.76. The smallest absolute Gasteiger partial charge is 0.0667 e. The molecule has 0 heterocycles. The third-order valence-corrected chi connectivity index (χ3v) is 3.87. The van der Waals surface area contributed by atoms with Crippen LogP contribution in [0.2, 0.25) is 0 Å². The third kappa shape index (κ3) is 4.40. The van der Waals surface area contributed by atoms with E-state index < -0.39 is 0 Å². The van der Waals surface area contributed by atoms with Crippen LogP contribution in [0.1, 0.15) is 51.9 Å². The van der Waals surface area contributed by atoms with Gasteiger partial charge in [0.1, 0.15) is 0 Å². The van der Waals surface area contributed by atoms with E-state index in [1.54, 1.807) is 7.11 Å². The van der Waals surface area contributed by atoms with Crippen LogP contribution in [0.4, 0.5) is 0 Å². The number of hydrogen-bond acceptors (Lipinski definition) is 3. The standard InChI is InChI=1S/C13H28N2O/c1-12(16-2)10-15-13(11-14)8-6-4-3-5-7-9-13/h12,15H,3-11,14H2,1-2H3. The molecule has 1 saturated carbocycles. The molecule has 0 radical (unpaired) electrons. The lowest BCUT2D eigenvalue weighted by Crippen LogP contribution is -2.53. The van der Waals surface area contributed by atoms with Crippen LogP contribution in [-0.4, -0.2) is 31.8 Å². The zero-order valence-corrected chi connectivity index (χ0v) is 10.9. The average molecular weight is 228 g/mol. The van der Waals surface area contributed by atoms with Crippen LogP contribution in [0.15, 0.2) is 0 Å². The molecule has 1 unspecified atom stereocenters. The van der Waals surface area contributed by atoms with Gasteiger partial charge in [0.2, 0.25) is 0 Å². The molecule has 0 amide bonds. The van der Waals surface area contributed by atoms with Crippen molar-refractivity contribution in [3.8, 4) is 0 Å². The molecule has 1 aliphatic rings. The largest absolute Gasteiger partial charge is 0.380 e. The first-order valence-corrected chi connectivity index (χ1v) is 6.70. The molecule has 3 nitrogen and oxygen atoms in total. The highest BCUT2D eigenvalue weighted by Crippen LogP contribution is 2.25. The van der Waals surface area contributed by atoms with Gasteiger partial charge in [-0.05, 0) is 19.8 Å². The second kappa shape index (κ2) is 7.25. The maximum Gasteiger partial charge on any atom is 0.0667 e. The van der Waals surface area contributed by atoms with Crippen LogP contribution in [0.25, 0.3) is 0 Å². The summed E-state index contributed by atoms with van der Waals surface area (Å²) in [6.07, 6.45) is 9.47. The quantitative estimate of drug-likeness (QED) is 0.757. The molecule has 1 atom stereocenters. The number of rotatable bonds is 5. The second-order valence-corrected chi connectivity index (χ2v) is 5.18. The third-order valence-electron chi connectivity index (χ3n) is 3.87. The first-order chi connectivity index (χ1) is 7.72. The maximum absolute atomic E-state index is 5.98. The highest BCUT2D eigenvalue weighted by Gasteiger charge is 2.28. The van der Waals surface area contributed by atoms with Crippen molar-refractivity contribution in [1.82, 2.24) is 5.32 Å². The van der Waals surface area contributed by atoms with Crippen molar-refractivity contribution >= 4 is 0 Å². The molecule has 0 bridgehead atoms. The van der Waals surface area contributed by atoms with Crippen LogP contribution in [0.5, 0.6) is 0 Å². The van der Waals surface area contributed by atoms with E-state index in [9.17, 15) is 0 Å². The Kier molecular flexibility index (Phi) is 6.32. The molecule has 16 heavy (non-hydrogen) atoms. The molecular formula is C13H28N2O. The molecule has 1 rings (SSSR count). The summed E-state index contributed by atoms with van der Waals surface area (Å²) in [4.78, 5) is 0. The van der Waals surface area contributed by atoms with Gasteiger partial charge in [0.15, 0.2) is 0 Å². The fourth-order valence-electron chi connectivity index (χ4n) is 2.48. The normalized spacial score (nSPS) is 23.4. The van der Waals surface area contributed by atoms with Gasteiger partial charge in [-0.2, -0.15) is 0 Å². The number of ether oxygens (including phenoxy) is 1. The zero-order chi connectivity index (χ0) is 11.9. The van der Waals surface area contributed by atoms with Gasteiger partial charge in [-0.15, -0.1) is 0 Å². The van der Waals surface area contributed by atoms with Crippen LogP contribution >= 0.6 is 0 Å². The summed E-state index contributed by atoms with van der Waals surface area (Å²) in [5.74, 6) is 0. The lowest BCUT2D eigenvalue weighted by molar-refractivity contribution is 0.103. The molecule has 0 aromatic carbocycles. The molecule has 0 aromatic rings. The van der Waals surface area contributed by atoms with Crippen molar-refractivity contribution in [3.63, 3.8) is 0 Å². The lowest BCUT2D eigenvalue weighted by atomic mass is 9.84. The van der Waals surface area contributed by atoms with Crippen molar-refractivity contribution in [2.45, 2.75) is 63.5 Å². The fourth-order valence-corrected chi connectivity index (χ4v) is 2.48. The van der Waals surface area contributed by atoms with Crippen molar-refractivity contribution in [1.29, 1.82) is 0 Å². The van der Waals surface area contributed by atoms with Crippen LogP contribution < -0.4 is 11.1 Å². The molecule has 0 aliphatic heterocycles. The molecule has 3 heteroatoms. The lowest BCUT2D eigenvalue weighted by Gasteiger charge is -2.36. The Bertz CT molecular complexity index is 177. The summed E-state index contributed by atoms with van der Waals surface area (Å²) in [5, 5.41) is 3.65. The van der Waals surface area contributed by atoms with Gasteiger partial charge >= 0.3 is 0 Å². The molecule has 1 fully saturated rings. The van der Waals surface area contributed by atoms with Crippen molar-refractivity contribution in [2.75, 3.05) is 20.2 Å². The van der Waals surface area contributed by atoms with Crippen molar-refractivity contribution in [2.24, 2.45) is 5.73 Å². The summed E-state index contributed by atoms with van der Waals surface area (Å²) >= 11 is 0. The van der Waals surface area contributed by atoms with Crippen LogP contribution in [0, 0.1) is 0 Å². The fraction of sp³-hybridized carbons (Fsp3) is 1.00. The number of nitrogens with two attached hydrogens (primary N) is 1. The average Bonchev–Trinajstić information content (AvgIpc) is 2.28. The first kappa shape index (κ1) is 13.9. The Morgan fingerprint density at radius 1 is 1.19 bits per heavy atom. The minimum atomic E-state index is 0.174. The molecule has 0 spiro atoms. The van der Waals surface area contributed by atoms with Crippen LogP contribution in [0.3, 0.4) is 0 Å². The Morgan fingerprint density at radius 2 is 1.75 bits per heavy atom. The molecule has 0 aromatic heterocycles. The SMILES string of the molecule is COC(C)CNC1(CN)CCCCCCC1. The van der Waals surface area contributed by atoms with Gasteiger partial charge < -0.3 is 15.8 Å². The van der Waals surface area contributed by atoms with Gasteiger partial charge in [0, 0.05) is 25.7 Å². The second-order valence-electron chi connectivity index (χ2n) is 5.18. The van der Waals surface area contributed by atoms with Crippen LogP contribution in [-0.2, 0) is 4.74 Å². The minimum absolute atomic E-state index is 0.174. The van der Waals surface area contributed by atoms with Gasteiger partial charge in [-0.1, -0.05) is 32.1 Å². The van der Waals surface area contributed by atoms with Gasteiger partial charge in [-0.25, -0.2) is 0 Å². The predicted molar refractivity (Wildman–Crippen MR) is 68.6 cm³/mol. The van der Waals surface area contributed by atoms with Crippen molar-refractivity contribution in [3.05, 3.63) is 0 Å². The number of hydrogen-bond donors (Lipinski definition) is 2. The Hall–Kier alpha value is -0.120. The van der Waals surface area contributed by atoms with E-state index in [4.69, 9.17) is 10.5 Å². The highest BCUT2D eigenvalue weighted by molar-refractivity contribution is 4.90. The highest BCUT2D eigenvalue weighted by atomic mass is 16.5. The van der Waals surface area contributed by atoms with E-state index in [1.165, 1.54) is 44.9 Å². The van der Waals surface area contributed by atoms with E-state index >= 15 is 0 Å². The van der Waals surface area contributed by atoms with Gasteiger partial charge in [0.05, 0.1) is 6.10 Å². The van der Waals surface area contributed by atoms with E-state index in [2.05, 4.69) is 12.2 Å².